The first-order chi connectivity index (χ1) is 16.8. The number of ether oxygens (including phenoxy) is 1. The number of likely N-dealkylation sites (N-methyl/N-ethyl adjacent to an activating group) is 1. The number of amides is 5. The van der Waals surface area contributed by atoms with E-state index in [0.717, 1.165) is 12.8 Å². The van der Waals surface area contributed by atoms with Gasteiger partial charge in [-0.2, -0.15) is 0 Å². The summed E-state index contributed by atoms with van der Waals surface area (Å²) < 4.78 is 5.95. The summed E-state index contributed by atoms with van der Waals surface area (Å²) in [6, 6.07) is -2.23. The van der Waals surface area contributed by atoms with Crippen molar-refractivity contribution >= 4 is 23.9 Å². The van der Waals surface area contributed by atoms with Gasteiger partial charge in [0, 0.05) is 25.7 Å². The van der Waals surface area contributed by atoms with Gasteiger partial charge in [0.25, 0.3) is 0 Å². The quantitative estimate of drug-likeness (QED) is 0.494. The number of rotatable bonds is 6. The van der Waals surface area contributed by atoms with Crippen molar-refractivity contribution < 1.29 is 23.9 Å². The van der Waals surface area contributed by atoms with Crippen molar-refractivity contribution in [2.75, 3.05) is 33.2 Å². The maximum atomic E-state index is 13.9. The molecule has 204 valence electrons. The molecule has 5 amide bonds. The van der Waals surface area contributed by atoms with Crippen LogP contribution in [-0.2, 0) is 14.3 Å². The van der Waals surface area contributed by atoms with E-state index in [1.807, 2.05) is 34.6 Å². The van der Waals surface area contributed by atoms with Crippen LogP contribution in [0.4, 0.5) is 9.59 Å². The molecule has 3 rings (SSSR count). The summed E-state index contributed by atoms with van der Waals surface area (Å²) in [5.41, 5.74) is -0.548. The first-order valence-electron chi connectivity index (χ1n) is 13.2. The molecule has 0 aliphatic carbocycles. The molecule has 3 saturated heterocycles. The normalized spacial score (nSPS) is 25.6. The van der Waals surface area contributed by atoms with Crippen LogP contribution in [0.2, 0.25) is 0 Å². The van der Waals surface area contributed by atoms with E-state index in [1.165, 1.54) is 0 Å². The minimum absolute atomic E-state index is 0.0454. The van der Waals surface area contributed by atoms with Crippen molar-refractivity contribution in [1.29, 1.82) is 0 Å². The van der Waals surface area contributed by atoms with Gasteiger partial charge in [0.15, 0.2) is 0 Å². The number of hydrogen-bond acceptors (Lipinski definition) is 6. The van der Waals surface area contributed by atoms with Crippen molar-refractivity contribution in [2.24, 2.45) is 5.41 Å². The number of carbonyl (C=O) groups excluding carboxylic acids is 4. The van der Waals surface area contributed by atoms with Gasteiger partial charge >= 0.3 is 12.1 Å². The van der Waals surface area contributed by atoms with Gasteiger partial charge in [-0.1, -0.05) is 20.8 Å². The van der Waals surface area contributed by atoms with Crippen molar-refractivity contribution in [3.8, 4) is 0 Å². The lowest BCUT2D eigenvalue weighted by Crippen LogP contribution is -2.59. The Hall–Kier alpha value is -2.56. The van der Waals surface area contributed by atoms with Crippen LogP contribution in [0.25, 0.3) is 0 Å². The lowest BCUT2D eigenvalue weighted by Gasteiger charge is -2.37. The van der Waals surface area contributed by atoms with E-state index >= 15 is 0 Å². The van der Waals surface area contributed by atoms with Gasteiger partial charge in [0.05, 0.1) is 24.7 Å². The number of urea groups is 1. The predicted octanol–water partition coefficient (Wildman–Crippen LogP) is 1.13. The van der Waals surface area contributed by atoms with Gasteiger partial charge in [0.2, 0.25) is 11.8 Å². The zero-order valence-corrected chi connectivity index (χ0v) is 22.8. The Morgan fingerprint density at radius 2 is 1.58 bits per heavy atom. The first-order valence-corrected chi connectivity index (χ1v) is 13.2. The Labute approximate surface area is 214 Å². The maximum absolute atomic E-state index is 13.9. The van der Waals surface area contributed by atoms with Crippen LogP contribution in [0.3, 0.4) is 0 Å². The smallest absolute Gasteiger partial charge is 0.410 e. The van der Waals surface area contributed by atoms with Crippen LogP contribution >= 0.6 is 0 Å². The van der Waals surface area contributed by atoms with Gasteiger partial charge < -0.3 is 35.4 Å². The highest BCUT2D eigenvalue weighted by Gasteiger charge is 2.55. The minimum atomic E-state index is -0.770. The molecule has 0 spiro atoms. The SMILES string of the molecule is CNC(C)C(=O)NC(C(=O)N1CCC2C1C(OC(=O)N1CCCC1)CN2C(=O)NC(C)C)C(C)(C)C. The fourth-order valence-corrected chi connectivity index (χ4v) is 5.27. The Balaban J connectivity index is 1.86. The van der Waals surface area contributed by atoms with Crippen molar-refractivity contribution in [2.45, 2.75) is 97.1 Å². The highest BCUT2D eigenvalue weighted by molar-refractivity contribution is 5.91. The molecule has 36 heavy (non-hydrogen) atoms. The number of likely N-dealkylation sites (tertiary alicyclic amines) is 3. The zero-order chi connectivity index (χ0) is 26.8. The van der Waals surface area contributed by atoms with E-state index in [0.29, 0.717) is 26.1 Å². The molecule has 5 unspecified atom stereocenters. The van der Waals surface area contributed by atoms with Crippen LogP contribution in [0, 0.1) is 5.41 Å². The topological polar surface area (TPSA) is 123 Å². The summed E-state index contributed by atoms with van der Waals surface area (Å²) in [6.45, 7) is 13.2. The van der Waals surface area contributed by atoms with E-state index < -0.39 is 35.7 Å². The van der Waals surface area contributed by atoms with Gasteiger partial charge in [-0.05, 0) is 52.5 Å². The lowest BCUT2D eigenvalue weighted by molar-refractivity contribution is -0.142. The average molecular weight is 509 g/mol. The number of nitrogens with zero attached hydrogens (tertiary/aromatic N) is 3. The molecule has 0 aromatic heterocycles. The van der Waals surface area contributed by atoms with Crippen LogP contribution in [0.1, 0.15) is 60.8 Å². The summed E-state index contributed by atoms with van der Waals surface area (Å²) in [7, 11) is 1.69. The van der Waals surface area contributed by atoms with Gasteiger partial charge in [-0.15, -0.1) is 0 Å². The monoisotopic (exact) mass is 508 g/mol. The molecule has 3 N–H and O–H groups in total. The molecule has 11 nitrogen and oxygen atoms in total. The van der Waals surface area contributed by atoms with Crippen molar-refractivity contribution in [1.82, 2.24) is 30.7 Å². The maximum Gasteiger partial charge on any atom is 0.410 e. The fourth-order valence-electron chi connectivity index (χ4n) is 5.27. The van der Waals surface area contributed by atoms with E-state index in [1.54, 1.807) is 28.7 Å². The fraction of sp³-hybridized carbons (Fsp3) is 0.840. The molecule has 0 saturated carbocycles. The van der Waals surface area contributed by atoms with Crippen molar-refractivity contribution in [3.63, 3.8) is 0 Å². The van der Waals surface area contributed by atoms with E-state index in [-0.39, 0.29) is 36.5 Å². The third-order valence-electron chi connectivity index (χ3n) is 7.38. The Morgan fingerprint density at radius 1 is 0.944 bits per heavy atom. The second-order valence-corrected chi connectivity index (χ2v) is 11.6. The summed E-state index contributed by atoms with van der Waals surface area (Å²) in [6.07, 6.45) is 1.43. The Kier molecular flexibility index (Phi) is 8.74. The predicted molar refractivity (Wildman–Crippen MR) is 135 cm³/mol. The second-order valence-electron chi connectivity index (χ2n) is 11.6. The van der Waals surface area contributed by atoms with Crippen LogP contribution < -0.4 is 16.0 Å². The van der Waals surface area contributed by atoms with Gasteiger partial charge in [-0.25, -0.2) is 9.59 Å². The first kappa shape index (κ1) is 28.0. The standard InChI is InChI=1S/C25H44N6O5/c1-15(2)27-23(34)31-14-18(36-24(35)29-11-8-9-12-29)19-17(31)10-13-30(19)22(33)20(25(4,5)6)28-21(32)16(3)26-7/h15-20,26H,8-14H2,1-7H3,(H,27,34)(H,28,32). The molecule has 3 aliphatic heterocycles. The summed E-state index contributed by atoms with van der Waals surface area (Å²) in [4.78, 5) is 57.6. The highest BCUT2D eigenvalue weighted by Crippen LogP contribution is 2.36. The Bertz CT molecular complexity index is 837. The molecule has 5 atom stereocenters. The van der Waals surface area contributed by atoms with Gasteiger partial charge in [0.1, 0.15) is 12.1 Å². The molecular weight excluding hydrogens is 464 g/mol. The number of nitrogens with one attached hydrogen (secondary N) is 3. The zero-order valence-electron chi connectivity index (χ0n) is 22.8. The molecule has 3 fully saturated rings. The third kappa shape index (κ3) is 6.04. The highest BCUT2D eigenvalue weighted by atomic mass is 16.6. The lowest BCUT2D eigenvalue weighted by atomic mass is 9.85. The summed E-state index contributed by atoms with van der Waals surface area (Å²) >= 11 is 0. The number of hydrogen-bond donors (Lipinski definition) is 3. The van der Waals surface area contributed by atoms with E-state index in [9.17, 15) is 19.2 Å². The number of carbonyl (C=O) groups is 4. The molecule has 0 bridgehead atoms. The van der Waals surface area contributed by atoms with Crippen LogP contribution in [0.15, 0.2) is 0 Å². The molecule has 3 aliphatic rings. The minimum Gasteiger partial charge on any atom is -0.442 e. The second kappa shape index (κ2) is 11.2. The van der Waals surface area contributed by atoms with Crippen LogP contribution in [-0.4, -0.2) is 108 Å². The molecule has 3 heterocycles. The molecular formula is C25H44N6O5. The third-order valence-corrected chi connectivity index (χ3v) is 7.38. The van der Waals surface area contributed by atoms with E-state index in [2.05, 4.69) is 16.0 Å². The number of fused-ring (bicyclic) bond motifs is 1. The molecule has 11 heteroatoms. The average Bonchev–Trinajstić information content (AvgIpc) is 3.53. The summed E-state index contributed by atoms with van der Waals surface area (Å²) in [5.74, 6) is -0.483. The Morgan fingerprint density at radius 3 is 2.14 bits per heavy atom. The summed E-state index contributed by atoms with van der Waals surface area (Å²) in [5, 5.41) is 8.76. The van der Waals surface area contributed by atoms with Gasteiger partial charge in [-0.3, -0.25) is 9.59 Å². The van der Waals surface area contributed by atoms with Crippen molar-refractivity contribution in [3.05, 3.63) is 0 Å². The van der Waals surface area contributed by atoms with E-state index in [4.69, 9.17) is 4.74 Å². The molecule has 0 radical (unpaired) electrons. The molecule has 0 aromatic rings. The molecule has 0 aromatic carbocycles. The van der Waals surface area contributed by atoms with Crippen LogP contribution in [0.5, 0.6) is 0 Å². The largest absolute Gasteiger partial charge is 0.442 e.